The van der Waals surface area contributed by atoms with Crippen LogP contribution in [0.1, 0.15) is 54.4 Å². The number of guanidine groups is 1. The van der Waals surface area contributed by atoms with Gasteiger partial charge < -0.3 is 20.4 Å². The summed E-state index contributed by atoms with van der Waals surface area (Å²) in [4.78, 5) is 62.6. The maximum absolute atomic E-state index is 12.8. The Bertz CT molecular complexity index is 2790. The van der Waals surface area contributed by atoms with E-state index in [1.165, 1.54) is 25.9 Å². The highest BCUT2D eigenvalue weighted by molar-refractivity contribution is 5.85. The van der Waals surface area contributed by atoms with Crippen molar-refractivity contribution in [3.63, 3.8) is 0 Å². The van der Waals surface area contributed by atoms with Crippen LogP contribution in [0.2, 0.25) is 0 Å². The van der Waals surface area contributed by atoms with Gasteiger partial charge in [0.05, 0.1) is 21.8 Å². The van der Waals surface area contributed by atoms with Gasteiger partial charge in [-0.1, -0.05) is 31.4 Å². The smallest absolute Gasteiger partial charge is 0.261 e. The van der Waals surface area contributed by atoms with Crippen LogP contribution in [-0.4, -0.2) is 104 Å². The number of carbonyl (C=O) groups excluding carboxylic acids is 1. The predicted molar refractivity (Wildman–Crippen MR) is 245 cm³/mol. The summed E-state index contributed by atoms with van der Waals surface area (Å²) in [5, 5.41) is 7.80. The van der Waals surface area contributed by atoms with Crippen molar-refractivity contribution in [2.24, 2.45) is 4.99 Å². The molecule has 10 rings (SSSR count). The van der Waals surface area contributed by atoms with Crippen LogP contribution in [0.25, 0.3) is 21.8 Å². The second kappa shape index (κ2) is 21.6. The summed E-state index contributed by atoms with van der Waals surface area (Å²) >= 11 is 0. The van der Waals surface area contributed by atoms with Crippen molar-refractivity contribution in [2.45, 2.75) is 46.2 Å². The van der Waals surface area contributed by atoms with Gasteiger partial charge in [0.15, 0.2) is 5.96 Å². The van der Waals surface area contributed by atoms with E-state index in [1.807, 2.05) is 66.7 Å². The molecular weight excluding hydrogens is 802 g/mol. The first kappa shape index (κ1) is 44.7. The third kappa shape index (κ3) is 10.9. The molecule has 1 amide bonds. The Kier molecular flexibility index (Phi) is 15.6. The SMILES string of the molecule is C.C1CN=C2NCCCN2C1.Cl.O=CN1CCc2nc3cc(C#Cc4ccccn4)ccc3c(=O)n2CC1.O=c1c2ccc(C#Cc3ccccn3)cc2nc2n1CCNCC2. The maximum Gasteiger partial charge on any atom is 0.261 e. The molecule has 1 saturated heterocycles. The number of carbonyl (C=O) groups is 1. The van der Waals surface area contributed by atoms with E-state index in [9.17, 15) is 14.4 Å². The minimum atomic E-state index is -0.0676. The summed E-state index contributed by atoms with van der Waals surface area (Å²) in [6.45, 7) is 8.39. The van der Waals surface area contributed by atoms with Gasteiger partial charge in [-0.05, 0) is 85.3 Å². The molecule has 4 aromatic heterocycles. The van der Waals surface area contributed by atoms with Gasteiger partial charge in [-0.25, -0.2) is 19.9 Å². The van der Waals surface area contributed by atoms with E-state index in [0.29, 0.717) is 65.9 Å². The molecule has 0 atom stereocenters. The fraction of sp³-hybridized carbons (Fsp3) is 0.319. The molecule has 0 saturated carbocycles. The number of nitrogens with zero attached hydrogens (tertiary/aromatic N) is 9. The highest BCUT2D eigenvalue weighted by Crippen LogP contribution is 2.15. The maximum atomic E-state index is 12.8. The van der Waals surface area contributed by atoms with Crippen LogP contribution in [0.5, 0.6) is 0 Å². The first-order valence-electron chi connectivity index (χ1n) is 20.4. The number of aromatic nitrogens is 6. The molecule has 2 aromatic carbocycles. The largest absolute Gasteiger partial charge is 0.356 e. The zero-order valence-corrected chi connectivity index (χ0v) is 34.5. The molecule has 0 spiro atoms. The number of nitrogens with one attached hydrogen (secondary N) is 2. The first-order chi connectivity index (χ1) is 29.5. The van der Waals surface area contributed by atoms with Crippen LogP contribution >= 0.6 is 12.4 Å². The molecule has 14 nitrogen and oxygen atoms in total. The minimum absolute atomic E-state index is 0. The summed E-state index contributed by atoms with van der Waals surface area (Å²) in [5.74, 6) is 14.9. The number of rotatable bonds is 1. The lowest BCUT2D eigenvalue weighted by Gasteiger charge is -2.33. The summed E-state index contributed by atoms with van der Waals surface area (Å²) in [6, 6.07) is 22.2. The van der Waals surface area contributed by atoms with Gasteiger partial charge in [-0.15, -0.1) is 12.4 Å². The quantitative estimate of drug-likeness (QED) is 0.185. The van der Waals surface area contributed by atoms with E-state index >= 15 is 0 Å². The second-order valence-electron chi connectivity index (χ2n) is 14.6. The molecule has 4 aliphatic heterocycles. The molecule has 1 fully saturated rings. The number of aliphatic imine (C=N–C) groups is 1. The molecular formula is C47H50ClN11O3. The van der Waals surface area contributed by atoms with Crippen LogP contribution < -0.4 is 21.8 Å². The zero-order valence-electron chi connectivity index (χ0n) is 33.7. The highest BCUT2D eigenvalue weighted by Gasteiger charge is 2.19. The Morgan fingerprint density at radius 3 is 1.84 bits per heavy atom. The number of benzene rings is 2. The Balaban J connectivity index is 0.000000165. The summed E-state index contributed by atoms with van der Waals surface area (Å²) in [6.07, 6.45) is 8.05. The zero-order chi connectivity index (χ0) is 41.1. The third-order valence-electron chi connectivity index (χ3n) is 10.5. The molecule has 6 aromatic rings. The van der Waals surface area contributed by atoms with E-state index in [1.54, 1.807) is 32.5 Å². The van der Waals surface area contributed by atoms with E-state index in [0.717, 1.165) is 67.6 Å². The van der Waals surface area contributed by atoms with E-state index in [4.69, 9.17) is 4.98 Å². The Hall–Kier alpha value is -6.87. The van der Waals surface area contributed by atoms with Gasteiger partial charge in [0.25, 0.3) is 11.1 Å². The number of hydrogen-bond acceptors (Lipinski definition) is 11. The molecule has 0 radical (unpaired) electrons. The number of halogens is 1. The monoisotopic (exact) mass is 851 g/mol. The first-order valence-corrected chi connectivity index (χ1v) is 20.4. The van der Waals surface area contributed by atoms with Crippen LogP contribution in [-0.2, 0) is 30.7 Å². The lowest BCUT2D eigenvalue weighted by atomic mass is 10.1. The number of amides is 1. The van der Waals surface area contributed by atoms with Gasteiger partial charge in [-0.3, -0.25) is 28.5 Å². The van der Waals surface area contributed by atoms with Crippen molar-refractivity contribution in [1.29, 1.82) is 0 Å². The third-order valence-corrected chi connectivity index (χ3v) is 10.5. The molecule has 318 valence electrons. The minimum Gasteiger partial charge on any atom is -0.356 e. The van der Waals surface area contributed by atoms with E-state index in [-0.39, 0.29) is 31.0 Å². The summed E-state index contributed by atoms with van der Waals surface area (Å²) < 4.78 is 3.45. The molecule has 0 unspecified atom stereocenters. The number of pyridine rings is 2. The topological polar surface area (TPSA) is 156 Å². The van der Waals surface area contributed by atoms with Crippen LogP contribution in [0, 0.1) is 23.7 Å². The highest BCUT2D eigenvalue weighted by atomic mass is 35.5. The Morgan fingerprint density at radius 2 is 1.24 bits per heavy atom. The predicted octanol–water partition coefficient (Wildman–Crippen LogP) is 3.64. The summed E-state index contributed by atoms with van der Waals surface area (Å²) in [5.41, 5.74) is 4.33. The van der Waals surface area contributed by atoms with Gasteiger partial charge in [0, 0.05) is 102 Å². The van der Waals surface area contributed by atoms with Crippen molar-refractivity contribution >= 4 is 46.6 Å². The molecule has 0 bridgehead atoms. The van der Waals surface area contributed by atoms with Gasteiger partial charge in [-0.2, -0.15) is 0 Å². The van der Waals surface area contributed by atoms with Gasteiger partial charge in [0.1, 0.15) is 23.0 Å². The Morgan fingerprint density at radius 1 is 0.629 bits per heavy atom. The molecule has 4 aliphatic rings. The second-order valence-corrected chi connectivity index (χ2v) is 14.6. The molecule has 0 aliphatic carbocycles. The van der Waals surface area contributed by atoms with E-state index in [2.05, 4.69) is 59.2 Å². The van der Waals surface area contributed by atoms with Crippen molar-refractivity contribution in [2.75, 3.05) is 52.4 Å². The Labute approximate surface area is 367 Å². The van der Waals surface area contributed by atoms with Crippen molar-refractivity contribution < 1.29 is 4.79 Å². The van der Waals surface area contributed by atoms with Gasteiger partial charge >= 0.3 is 0 Å². The van der Waals surface area contributed by atoms with Crippen LogP contribution in [0.3, 0.4) is 0 Å². The average Bonchev–Trinajstić information content (AvgIpc) is 3.68. The molecule has 2 N–H and O–H groups in total. The van der Waals surface area contributed by atoms with Crippen LogP contribution in [0.4, 0.5) is 0 Å². The standard InChI is InChI=1S/C20H16N4O2.C19H16N4O.C7H13N3.CH4.ClH/c25-14-23-10-8-19-22-18-13-15(4-6-16-3-1-2-9-21-16)5-7-17(18)20(26)24(19)12-11-23;24-19-16-7-5-14(4-6-15-3-1-2-9-21-15)13-17(16)22-18-8-10-20-11-12-23(18)19;1-3-8-7-9-4-2-6-10(7)5-1;;/h1-3,5,7,9,13-14H,8,10-12H2;1-3,5,7,9,13,20H,8,10-12H2;1-6H2,(H,8,9);1H4;1H. The normalized spacial score (nSPS) is 14.9. The number of fused-ring (bicyclic) bond motifs is 5. The average molecular weight is 852 g/mol. The van der Waals surface area contributed by atoms with Crippen molar-refractivity contribution in [3.05, 3.63) is 140 Å². The van der Waals surface area contributed by atoms with Crippen LogP contribution in [0.15, 0.2) is 99.8 Å². The fourth-order valence-corrected chi connectivity index (χ4v) is 7.39. The fourth-order valence-electron chi connectivity index (χ4n) is 7.39. The van der Waals surface area contributed by atoms with Crippen molar-refractivity contribution in [3.8, 4) is 23.7 Å². The lowest BCUT2D eigenvalue weighted by molar-refractivity contribution is -0.118. The summed E-state index contributed by atoms with van der Waals surface area (Å²) in [7, 11) is 0. The van der Waals surface area contributed by atoms with Gasteiger partial charge in [0.2, 0.25) is 6.41 Å². The molecule has 8 heterocycles. The van der Waals surface area contributed by atoms with Crippen molar-refractivity contribution in [1.82, 2.24) is 49.5 Å². The lowest BCUT2D eigenvalue weighted by Crippen LogP contribution is -2.49. The molecule has 62 heavy (non-hydrogen) atoms. The molecule has 15 heteroatoms. The number of hydrogen-bond donors (Lipinski definition) is 2. The van der Waals surface area contributed by atoms with E-state index < -0.39 is 0 Å².